The highest BCUT2D eigenvalue weighted by atomic mass is 79.9. The summed E-state index contributed by atoms with van der Waals surface area (Å²) < 4.78 is 25.5. The van der Waals surface area contributed by atoms with E-state index in [2.05, 4.69) is 31.6 Å². The second-order valence-electron chi connectivity index (χ2n) is 5.15. The first-order chi connectivity index (χ1) is 11.4. The average molecular weight is 430 g/mol. The summed E-state index contributed by atoms with van der Waals surface area (Å²) in [4.78, 5) is 5.66. The molecule has 0 spiro atoms. The normalized spacial score (nSPS) is 13.5. The van der Waals surface area contributed by atoms with Crippen LogP contribution in [0.15, 0.2) is 56.1 Å². The third kappa shape index (κ3) is 5.32. The third-order valence-electron chi connectivity index (χ3n) is 3.38. The van der Waals surface area contributed by atoms with Crippen LogP contribution < -0.4 is 10.6 Å². The quantitative estimate of drug-likeness (QED) is 0.546. The number of benzene rings is 1. The number of aliphatic imine (C=N–C) groups is 1. The van der Waals surface area contributed by atoms with Crippen molar-refractivity contribution in [2.24, 2.45) is 4.99 Å². The number of thiophene rings is 1. The molecule has 2 aromatic rings. The molecule has 0 aliphatic heterocycles. The molecule has 1 heterocycles. The van der Waals surface area contributed by atoms with Crippen LogP contribution in [0, 0.1) is 0 Å². The third-order valence-corrected chi connectivity index (χ3v) is 6.70. The standard InChI is InChI=1S/C16H20BrN3O2S2/c1-12(15-4-3-10-23-15)20-16(18-2)19-9-11-24(21,22)14-7-5-13(17)6-8-14/h3-8,10,12H,9,11H2,1-2H3,(H2,18,19,20). The molecule has 0 saturated heterocycles. The van der Waals surface area contributed by atoms with Gasteiger partial charge in [0.1, 0.15) is 0 Å². The first kappa shape index (κ1) is 19.0. The van der Waals surface area contributed by atoms with Gasteiger partial charge in [0.2, 0.25) is 0 Å². The minimum Gasteiger partial charge on any atom is -0.355 e. The molecule has 24 heavy (non-hydrogen) atoms. The lowest BCUT2D eigenvalue weighted by Crippen LogP contribution is -2.40. The van der Waals surface area contributed by atoms with Crippen molar-refractivity contribution in [1.82, 2.24) is 10.6 Å². The van der Waals surface area contributed by atoms with Crippen molar-refractivity contribution >= 4 is 43.1 Å². The van der Waals surface area contributed by atoms with E-state index in [1.54, 1.807) is 42.6 Å². The van der Waals surface area contributed by atoms with Crippen LogP contribution in [-0.4, -0.2) is 33.7 Å². The SMILES string of the molecule is CN=C(NCCS(=O)(=O)c1ccc(Br)cc1)NC(C)c1cccs1. The number of nitrogens with zero attached hydrogens (tertiary/aromatic N) is 1. The molecule has 0 aliphatic rings. The molecule has 2 N–H and O–H groups in total. The van der Waals surface area contributed by atoms with Crippen LogP contribution in [-0.2, 0) is 9.84 Å². The zero-order chi connectivity index (χ0) is 17.6. The zero-order valence-electron chi connectivity index (χ0n) is 13.5. The Balaban J connectivity index is 1.88. The number of halogens is 1. The predicted molar refractivity (Wildman–Crippen MR) is 103 cm³/mol. The lowest BCUT2D eigenvalue weighted by molar-refractivity contribution is 0.594. The molecule has 1 aromatic carbocycles. The average Bonchev–Trinajstić information content (AvgIpc) is 3.08. The van der Waals surface area contributed by atoms with Crippen LogP contribution in [0.5, 0.6) is 0 Å². The fraction of sp³-hybridized carbons (Fsp3) is 0.312. The Kier molecular flexibility index (Phi) is 6.82. The minimum absolute atomic E-state index is 0.00269. The van der Waals surface area contributed by atoms with Crippen LogP contribution >= 0.6 is 27.3 Å². The molecular weight excluding hydrogens is 410 g/mol. The van der Waals surface area contributed by atoms with Crippen LogP contribution in [0.2, 0.25) is 0 Å². The Morgan fingerprint density at radius 2 is 2.00 bits per heavy atom. The van der Waals surface area contributed by atoms with Gasteiger partial charge in [0, 0.05) is 22.9 Å². The molecule has 0 radical (unpaired) electrons. The molecule has 2 rings (SSSR count). The van der Waals surface area contributed by atoms with Crippen molar-refractivity contribution < 1.29 is 8.42 Å². The van der Waals surface area contributed by atoms with E-state index < -0.39 is 9.84 Å². The highest BCUT2D eigenvalue weighted by Gasteiger charge is 2.15. The molecule has 8 heteroatoms. The Morgan fingerprint density at radius 3 is 2.58 bits per heavy atom. The zero-order valence-corrected chi connectivity index (χ0v) is 16.7. The largest absolute Gasteiger partial charge is 0.355 e. The molecule has 1 aromatic heterocycles. The topological polar surface area (TPSA) is 70.6 Å². The van der Waals surface area contributed by atoms with E-state index in [-0.39, 0.29) is 18.3 Å². The highest BCUT2D eigenvalue weighted by Crippen LogP contribution is 2.18. The summed E-state index contributed by atoms with van der Waals surface area (Å²) in [5, 5.41) is 8.33. The number of sulfone groups is 1. The number of hydrogen-bond acceptors (Lipinski definition) is 4. The van der Waals surface area contributed by atoms with Gasteiger partial charge in [0.05, 0.1) is 16.7 Å². The smallest absolute Gasteiger partial charge is 0.191 e. The van der Waals surface area contributed by atoms with E-state index in [1.807, 2.05) is 24.4 Å². The summed E-state index contributed by atoms with van der Waals surface area (Å²) in [6, 6.07) is 10.8. The first-order valence-electron chi connectivity index (χ1n) is 7.41. The van der Waals surface area contributed by atoms with E-state index >= 15 is 0 Å². The fourth-order valence-electron chi connectivity index (χ4n) is 2.07. The molecule has 1 unspecified atom stereocenters. The summed E-state index contributed by atoms with van der Waals surface area (Å²) in [6.45, 7) is 2.33. The van der Waals surface area contributed by atoms with Crippen molar-refractivity contribution in [3.8, 4) is 0 Å². The van der Waals surface area contributed by atoms with E-state index in [0.29, 0.717) is 10.9 Å². The fourth-order valence-corrected chi connectivity index (χ4v) is 4.23. The molecule has 130 valence electrons. The molecular formula is C16H20BrN3O2S2. The van der Waals surface area contributed by atoms with Crippen molar-refractivity contribution in [2.45, 2.75) is 17.9 Å². The van der Waals surface area contributed by atoms with E-state index in [9.17, 15) is 8.42 Å². The van der Waals surface area contributed by atoms with Gasteiger partial charge in [-0.15, -0.1) is 11.3 Å². The highest BCUT2D eigenvalue weighted by molar-refractivity contribution is 9.10. The molecule has 0 fully saturated rings. The maximum absolute atomic E-state index is 12.3. The van der Waals surface area contributed by atoms with Gasteiger partial charge in [-0.3, -0.25) is 4.99 Å². The van der Waals surface area contributed by atoms with Gasteiger partial charge in [0.15, 0.2) is 15.8 Å². The Morgan fingerprint density at radius 1 is 1.29 bits per heavy atom. The number of nitrogens with one attached hydrogen (secondary N) is 2. The molecule has 0 aliphatic carbocycles. The van der Waals surface area contributed by atoms with Crippen molar-refractivity contribution in [2.75, 3.05) is 19.3 Å². The van der Waals surface area contributed by atoms with Crippen LogP contribution in [0.3, 0.4) is 0 Å². The molecule has 5 nitrogen and oxygen atoms in total. The predicted octanol–water partition coefficient (Wildman–Crippen LogP) is 3.21. The van der Waals surface area contributed by atoms with Gasteiger partial charge in [-0.1, -0.05) is 22.0 Å². The van der Waals surface area contributed by atoms with E-state index in [0.717, 1.165) is 4.47 Å². The van der Waals surface area contributed by atoms with Crippen molar-refractivity contribution in [3.63, 3.8) is 0 Å². The van der Waals surface area contributed by atoms with Crippen LogP contribution in [0.4, 0.5) is 0 Å². The summed E-state index contributed by atoms with van der Waals surface area (Å²) in [6.07, 6.45) is 0. The summed E-state index contributed by atoms with van der Waals surface area (Å²) in [5.74, 6) is 0.588. The van der Waals surface area contributed by atoms with Crippen molar-refractivity contribution in [3.05, 3.63) is 51.1 Å². The van der Waals surface area contributed by atoms with Crippen LogP contribution in [0.25, 0.3) is 0 Å². The Hall–Kier alpha value is -1.38. The Labute approximate surface area is 155 Å². The van der Waals surface area contributed by atoms with Crippen LogP contribution in [0.1, 0.15) is 17.8 Å². The number of hydrogen-bond donors (Lipinski definition) is 2. The maximum atomic E-state index is 12.3. The molecule has 1 atom stereocenters. The minimum atomic E-state index is -3.32. The molecule has 0 saturated carbocycles. The summed E-state index contributed by atoms with van der Waals surface area (Å²) in [7, 11) is -1.65. The Bertz CT molecular complexity index is 772. The van der Waals surface area contributed by atoms with Gasteiger partial charge in [-0.2, -0.15) is 0 Å². The summed E-state index contributed by atoms with van der Waals surface area (Å²) >= 11 is 4.97. The number of guanidine groups is 1. The maximum Gasteiger partial charge on any atom is 0.191 e. The van der Waals surface area contributed by atoms with E-state index in [4.69, 9.17) is 0 Å². The number of rotatable bonds is 6. The second-order valence-corrected chi connectivity index (χ2v) is 9.16. The lowest BCUT2D eigenvalue weighted by Gasteiger charge is -2.17. The van der Waals surface area contributed by atoms with Gasteiger partial charge in [-0.25, -0.2) is 8.42 Å². The van der Waals surface area contributed by atoms with Gasteiger partial charge in [-0.05, 0) is 42.6 Å². The summed E-state index contributed by atoms with van der Waals surface area (Å²) in [5.41, 5.74) is 0. The van der Waals surface area contributed by atoms with Gasteiger partial charge < -0.3 is 10.6 Å². The van der Waals surface area contributed by atoms with E-state index in [1.165, 1.54) is 4.88 Å². The second kappa shape index (κ2) is 8.64. The molecule has 0 amide bonds. The monoisotopic (exact) mass is 429 g/mol. The van der Waals surface area contributed by atoms with Gasteiger partial charge in [0.25, 0.3) is 0 Å². The van der Waals surface area contributed by atoms with Crippen molar-refractivity contribution in [1.29, 1.82) is 0 Å². The molecule has 0 bridgehead atoms. The lowest BCUT2D eigenvalue weighted by atomic mass is 10.3. The first-order valence-corrected chi connectivity index (χ1v) is 10.7. The van der Waals surface area contributed by atoms with Gasteiger partial charge >= 0.3 is 0 Å².